The van der Waals surface area contributed by atoms with E-state index in [1.165, 1.54) is 6.92 Å². The summed E-state index contributed by atoms with van der Waals surface area (Å²) in [6.45, 7) is 0.0916. The molecule has 3 rings (SSSR count). The SMILES string of the molecule is CCOP(=O)(O)OP(=O)(O)OC[C@H]1O[C@@H](n2cnc3c(N)ncnc32)[C@H](OP(=O)(O)O)[C@@H]1O. The highest BCUT2D eigenvalue weighted by atomic mass is 31.3. The van der Waals surface area contributed by atoms with E-state index in [9.17, 15) is 38.4 Å². The van der Waals surface area contributed by atoms with Gasteiger partial charge < -0.3 is 35.2 Å². The van der Waals surface area contributed by atoms with Crippen molar-refractivity contribution in [3.05, 3.63) is 12.7 Å². The number of hydrogen-bond acceptors (Lipinski definition) is 13. The van der Waals surface area contributed by atoms with Crippen LogP contribution in [0.2, 0.25) is 0 Å². The lowest BCUT2D eigenvalue weighted by atomic mass is 10.1. The summed E-state index contributed by atoms with van der Waals surface area (Å²) in [5.41, 5.74) is 5.89. The average Bonchev–Trinajstić information content (AvgIpc) is 3.21. The van der Waals surface area contributed by atoms with Crippen LogP contribution < -0.4 is 5.73 Å². The van der Waals surface area contributed by atoms with Crippen molar-refractivity contribution >= 4 is 40.4 Å². The third-order valence-electron chi connectivity index (χ3n) is 4.13. The smallest absolute Gasteiger partial charge is 0.387 e. The summed E-state index contributed by atoms with van der Waals surface area (Å²) >= 11 is 0. The molecule has 33 heavy (non-hydrogen) atoms. The second-order valence-corrected chi connectivity index (χ2v) is 10.7. The second kappa shape index (κ2) is 9.71. The van der Waals surface area contributed by atoms with E-state index in [1.54, 1.807) is 0 Å². The zero-order valence-corrected chi connectivity index (χ0v) is 19.3. The number of aromatic nitrogens is 4. The van der Waals surface area contributed by atoms with Crippen LogP contribution in [0.5, 0.6) is 0 Å². The highest BCUT2D eigenvalue weighted by Gasteiger charge is 2.50. The fraction of sp³-hybridized carbons (Fsp3) is 0.583. The van der Waals surface area contributed by atoms with Gasteiger partial charge in [0.2, 0.25) is 0 Å². The molecule has 2 unspecified atom stereocenters. The average molecular weight is 535 g/mol. The fourth-order valence-electron chi connectivity index (χ4n) is 2.92. The highest BCUT2D eigenvalue weighted by Crippen LogP contribution is 2.60. The highest BCUT2D eigenvalue weighted by molar-refractivity contribution is 7.61. The number of aliphatic hydroxyl groups is 1. The van der Waals surface area contributed by atoms with E-state index in [0.717, 1.165) is 17.2 Å². The topological polar surface area (TPSA) is 268 Å². The van der Waals surface area contributed by atoms with Gasteiger partial charge in [-0.15, -0.1) is 0 Å². The number of aliphatic hydroxyl groups excluding tert-OH is 1. The number of hydrogen-bond donors (Lipinski definition) is 6. The minimum absolute atomic E-state index is 0.00858. The van der Waals surface area contributed by atoms with Gasteiger partial charge in [-0.25, -0.2) is 28.6 Å². The van der Waals surface area contributed by atoms with Crippen molar-refractivity contribution < 1.29 is 61.0 Å². The van der Waals surface area contributed by atoms with Crippen LogP contribution in [0.25, 0.3) is 11.2 Å². The van der Waals surface area contributed by atoms with Gasteiger partial charge in [-0.05, 0) is 6.92 Å². The van der Waals surface area contributed by atoms with Crippen molar-refractivity contribution in [2.24, 2.45) is 0 Å². The third kappa shape index (κ3) is 6.41. The maximum absolute atomic E-state index is 12.0. The Kier molecular flexibility index (Phi) is 7.73. The standard InChI is InChI=1S/C12H20N5O13P3/c1-2-26-32(22,23)30-33(24,25)27-3-6-8(18)9(29-31(19,20)21)12(28-6)17-5-16-7-10(13)14-4-15-11(7)17/h4-6,8-9,12,18H,2-3H2,1H3,(H,22,23)(H,24,25)(H2,13,14,15)(H2,19,20,21)/t6-,8-,9-,12-/m1/s1. The molecule has 6 atom stereocenters. The molecule has 0 amide bonds. The third-order valence-corrected chi connectivity index (χ3v) is 7.36. The fourth-order valence-corrected chi connectivity index (χ4v) is 5.54. The van der Waals surface area contributed by atoms with Gasteiger partial charge in [-0.2, -0.15) is 4.31 Å². The Bertz CT molecular complexity index is 1140. The minimum atomic E-state index is -5.19. The Morgan fingerprint density at radius 3 is 2.42 bits per heavy atom. The van der Waals surface area contributed by atoms with Crippen LogP contribution in [0.3, 0.4) is 0 Å². The second-order valence-electron chi connectivity index (χ2n) is 6.43. The molecule has 2 aromatic heterocycles. The van der Waals surface area contributed by atoms with E-state index in [1.807, 2.05) is 0 Å². The van der Waals surface area contributed by atoms with Crippen molar-refractivity contribution in [2.45, 2.75) is 31.5 Å². The number of nitrogens with two attached hydrogens (primary N) is 1. The molecule has 0 saturated carbocycles. The molecule has 1 fully saturated rings. The van der Waals surface area contributed by atoms with Crippen LogP contribution in [-0.2, 0) is 36.3 Å². The van der Waals surface area contributed by atoms with E-state index in [2.05, 4.69) is 32.8 Å². The van der Waals surface area contributed by atoms with Crippen molar-refractivity contribution in [1.82, 2.24) is 19.5 Å². The first-order chi connectivity index (χ1) is 15.2. The molecule has 3 heterocycles. The molecular formula is C12H20N5O13P3. The first kappa shape index (κ1) is 26.2. The Hall–Kier alpha value is -1.36. The lowest BCUT2D eigenvalue weighted by molar-refractivity contribution is -0.0498. The van der Waals surface area contributed by atoms with Gasteiger partial charge in [0.1, 0.15) is 30.2 Å². The predicted octanol–water partition coefficient (Wildman–Crippen LogP) is -0.585. The molecule has 0 bridgehead atoms. The largest absolute Gasteiger partial charge is 0.481 e. The zero-order valence-electron chi connectivity index (χ0n) is 16.6. The monoisotopic (exact) mass is 535 g/mol. The van der Waals surface area contributed by atoms with Crippen LogP contribution >= 0.6 is 23.5 Å². The number of nitrogens with zero attached hydrogens (tertiary/aromatic N) is 4. The summed E-state index contributed by atoms with van der Waals surface area (Å²) in [6, 6.07) is 0. The molecule has 18 nitrogen and oxygen atoms in total. The van der Waals surface area contributed by atoms with E-state index in [0.29, 0.717) is 0 Å². The summed E-state index contributed by atoms with van der Waals surface area (Å²) in [5.74, 6) is -0.00858. The Labute approximate surface area is 184 Å². The van der Waals surface area contributed by atoms with Crippen LogP contribution in [0, 0.1) is 0 Å². The lowest BCUT2D eigenvalue weighted by Crippen LogP contribution is -2.35. The molecule has 0 aliphatic carbocycles. The molecule has 1 aliphatic rings. The molecule has 0 radical (unpaired) electrons. The number of imidazole rings is 1. The molecule has 0 aromatic carbocycles. The first-order valence-corrected chi connectivity index (χ1v) is 13.4. The number of nitrogen functional groups attached to an aromatic ring is 1. The molecule has 21 heteroatoms. The van der Waals surface area contributed by atoms with Crippen molar-refractivity contribution in [2.75, 3.05) is 18.9 Å². The number of rotatable bonds is 10. The Morgan fingerprint density at radius 1 is 1.12 bits per heavy atom. The summed E-state index contributed by atoms with van der Waals surface area (Å²) in [5, 5.41) is 10.5. The number of ether oxygens (including phenoxy) is 1. The normalized spacial score (nSPS) is 27.5. The number of anilines is 1. The molecule has 1 aliphatic heterocycles. The van der Waals surface area contributed by atoms with Crippen LogP contribution in [0.15, 0.2) is 12.7 Å². The number of phosphoric acid groups is 3. The number of fused-ring (bicyclic) bond motifs is 1. The van der Waals surface area contributed by atoms with Crippen molar-refractivity contribution in [1.29, 1.82) is 0 Å². The maximum atomic E-state index is 12.0. The van der Waals surface area contributed by atoms with E-state index < -0.39 is 54.6 Å². The summed E-state index contributed by atoms with van der Waals surface area (Å²) in [7, 11) is -15.3. The van der Waals surface area contributed by atoms with Gasteiger partial charge >= 0.3 is 23.5 Å². The summed E-state index contributed by atoms with van der Waals surface area (Å²) in [6.07, 6.45) is -4.34. The molecule has 186 valence electrons. The first-order valence-electron chi connectivity index (χ1n) is 8.89. The van der Waals surface area contributed by atoms with E-state index >= 15 is 0 Å². The quantitative estimate of drug-likeness (QED) is 0.208. The van der Waals surface area contributed by atoms with Crippen LogP contribution in [0.1, 0.15) is 13.2 Å². The minimum Gasteiger partial charge on any atom is -0.387 e. The van der Waals surface area contributed by atoms with Crippen molar-refractivity contribution in [3.63, 3.8) is 0 Å². The van der Waals surface area contributed by atoms with Gasteiger partial charge in [-0.3, -0.25) is 18.1 Å². The Balaban J connectivity index is 1.83. The predicted molar refractivity (Wildman–Crippen MR) is 105 cm³/mol. The van der Waals surface area contributed by atoms with Gasteiger partial charge in [0.15, 0.2) is 17.7 Å². The van der Waals surface area contributed by atoms with Crippen LogP contribution in [-0.4, -0.2) is 75.7 Å². The molecule has 2 aromatic rings. The van der Waals surface area contributed by atoms with E-state index in [4.69, 9.17) is 10.5 Å². The zero-order chi connectivity index (χ0) is 24.6. The van der Waals surface area contributed by atoms with Gasteiger partial charge in [0.05, 0.1) is 19.5 Å². The molecule has 0 spiro atoms. The molecular weight excluding hydrogens is 515 g/mol. The number of phosphoric ester groups is 3. The van der Waals surface area contributed by atoms with Gasteiger partial charge in [0.25, 0.3) is 0 Å². The summed E-state index contributed by atoms with van der Waals surface area (Å²) in [4.78, 5) is 49.2. The van der Waals surface area contributed by atoms with Crippen LogP contribution in [0.4, 0.5) is 5.82 Å². The molecule has 7 N–H and O–H groups in total. The van der Waals surface area contributed by atoms with E-state index in [-0.39, 0.29) is 23.6 Å². The van der Waals surface area contributed by atoms with Crippen molar-refractivity contribution in [3.8, 4) is 0 Å². The molecule has 1 saturated heterocycles. The summed E-state index contributed by atoms with van der Waals surface area (Å²) < 4.78 is 59.2. The maximum Gasteiger partial charge on any atom is 0.481 e. The van der Waals surface area contributed by atoms with Gasteiger partial charge in [0, 0.05) is 0 Å². The van der Waals surface area contributed by atoms with Gasteiger partial charge in [-0.1, -0.05) is 0 Å². The Morgan fingerprint density at radius 2 is 1.79 bits per heavy atom. The lowest BCUT2D eigenvalue weighted by Gasteiger charge is -2.22.